The summed E-state index contributed by atoms with van der Waals surface area (Å²) in [5, 5.41) is 10.4. The fourth-order valence-corrected chi connectivity index (χ4v) is 3.89. The highest BCUT2D eigenvalue weighted by Crippen LogP contribution is 2.37. The van der Waals surface area contributed by atoms with Crippen molar-refractivity contribution in [2.45, 2.75) is 57.1 Å². The molecule has 1 aliphatic heterocycles. The molecule has 1 saturated carbocycles. The Morgan fingerprint density at radius 2 is 2.07 bits per heavy atom. The number of aromatic nitrogens is 4. The van der Waals surface area contributed by atoms with Gasteiger partial charge in [-0.1, -0.05) is 0 Å². The van der Waals surface area contributed by atoms with Crippen molar-refractivity contribution in [1.82, 2.24) is 25.1 Å². The number of hydrogen-bond acceptors (Lipinski definition) is 8. The zero-order valence-electron chi connectivity index (χ0n) is 17.3. The van der Waals surface area contributed by atoms with Crippen LogP contribution in [0.15, 0.2) is 18.5 Å². The van der Waals surface area contributed by atoms with E-state index in [9.17, 15) is 9.59 Å². The fraction of sp³-hybridized carbons (Fsp3) is 0.550. The number of ether oxygens (including phenoxy) is 2. The highest BCUT2D eigenvalue weighted by molar-refractivity contribution is 5.86. The normalized spacial score (nSPS) is 22.3. The van der Waals surface area contributed by atoms with Crippen LogP contribution in [0.25, 0.3) is 0 Å². The maximum absolute atomic E-state index is 12.4. The number of methoxy groups -OCH3 is 1. The summed E-state index contributed by atoms with van der Waals surface area (Å²) in [6.45, 7) is 4.88. The quantitative estimate of drug-likeness (QED) is 0.716. The number of rotatable bonds is 5. The first-order valence-corrected chi connectivity index (χ1v) is 10.1. The van der Waals surface area contributed by atoms with Gasteiger partial charge in [0.2, 0.25) is 0 Å². The Balaban J connectivity index is 1.31. The molecule has 2 N–H and O–H groups in total. The van der Waals surface area contributed by atoms with Crippen molar-refractivity contribution in [2.75, 3.05) is 19.0 Å². The van der Waals surface area contributed by atoms with E-state index >= 15 is 0 Å². The van der Waals surface area contributed by atoms with Gasteiger partial charge in [-0.3, -0.25) is 5.10 Å². The third kappa shape index (κ3) is 4.07. The third-order valence-electron chi connectivity index (χ3n) is 5.89. The first-order valence-electron chi connectivity index (χ1n) is 10.1. The Morgan fingerprint density at radius 3 is 2.70 bits per heavy atom. The smallest absolute Gasteiger partial charge is 0.410 e. The lowest BCUT2D eigenvalue weighted by Gasteiger charge is -2.47. The topological polar surface area (TPSA) is 122 Å². The molecule has 1 saturated heterocycles. The van der Waals surface area contributed by atoms with Crippen LogP contribution < -0.4 is 5.32 Å². The van der Waals surface area contributed by atoms with Gasteiger partial charge in [-0.25, -0.2) is 19.6 Å². The van der Waals surface area contributed by atoms with Crippen molar-refractivity contribution in [3.63, 3.8) is 0 Å². The average molecular weight is 414 g/mol. The second-order valence-electron chi connectivity index (χ2n) is 8.34. The van der Waals surface area contributed by atoms with Gasteiger partial charge in [0.25, 0.3) is 0 Å². The molecule has 2 fully saturated rings. The van der Waals surface area contributed by atoms with Gasteiger partial charge in [0, 0.05) is 29.8 Å². The minimum Gasteiger partial charge on any atom is -0.464 e. The summed E-state index contributed by atoms with van der Waals surface area (Å²) >= 11 is 0. The number of H-pyrrole nitrogens is 1. The molecule has 1 aliphatic carbocycles. The minimum atomic E-state index is -0.537. The van der Waals surface area contributed by atoms with Gasteiger partial charge in [-0.2, -0.15) is 5.10 Å². The van der Waals surface area contributed by atoms with E-state index in [2.05, 4.69) is 44.1 Å². The van der Waals surface area contributed by atoms with Crippen LogP contribution in [0, 0.1) is 0 Å². The monoisotopic (exact) mass is 414 g/mol. The van der Waals surface area contributed by atoms with Crippen LogP contribution in [-0.4, -0.2) is 62.4 Å². The largest absolute Gasteiger partial charge is 0.464 e. The van der Waals surface area contributed by atoms with Gasteiger partial charge < -0.3 is 19.7 Å². The SMILES string of the molecule is COC(=O)c1cnc(Nc2cc([C@H]3CC[C@@H](OC(=O)N4CCC4(C)C)C3)[nH]n2)cn1. The molecule has 0 unspecified atom stereocenters. The van der Waals surface area contributed by atoms with E-state index in [0.717, 1.165) is 37.9 Å². The molecule has 0 aromatic carbocycles. The predicted octanol–water partition coefficient (Wildman–Crippen LogP) is 2.99. The Bertz CT molecular complexity index is 926. The lowest BCUT2D eigenvalue weighted by atomic mass is 9.90. The second-order valence-corrected chi connectivity index (χ2v) is 8.34. The molecule has 2 aromatic rings. The van der Waals surface area contributed by atoms with Crippen LogP contribution in [0.5, 0.6) is 0 Å². The summed E-state index contributed by atoms with van der Waals surface area (Å²) in [4.78, 5) is 33.7. The van der Waals surface area contributed by atoms with Crippen molar-refractivity contribution in [1.29, 1.82) is 0 Å². The van der Waals surface area contributed by atoms with E-state index in [0.29, 0.717) is 11.6 Å². The van der Waals surface area contributed by atoms with E-state index < -0.39 is 5.97 Å². The molecule has 1 amide bonds. The van der Waals surface area contributed by atoms with Crippen molar-refractivity contribution in [3.05, 3.63) is 29.8 Å². The summed E-state index contributed by atoms with van der Waals surface area (Å²) in [5.41, 5.74) is 1.02. The summed E-state index contributed by atoms with van der Waals surface area (Å²) in [6.07, 6.45) is 6.06. The lowest BCUT2D eigenvalue weighted by molar-refractivity contribution is -0.0101. The summed E-state index contributed by atoms with van der Waals surface area (Å²) in [7, 11) is 1.29. The van der Waals surface area contributed by atoms with Crippen molar-refractivity contribution < 1.29 is 19.1 Å². The number of nitrogens with zero attached hydrogens (tertiary/aromatic N) is 4. The Kier molecular flexibility index (Phi) is 5.31. The zero-order valence-corrected chi connectivity index (χ0v) is 17.3. The van der Waals surface area contributed by atoms with Crippen LogP contribution in [0.3, 0.4) is 0 Å². The third-order valence-corrected chi connectivity index (χ3v) is 5.89. The van der Waals surface area contributed by atoms with E-state index in [1.54, 1.807) is 4.90 Å². The fourth-order valence-electron chi connectivity index (χ4n) is 3.89. The number of hydrogen-bond donors (Lipinski definition) is 2. The zero-order chi connectivity index (χ0) is 21.3. The Hall–Kier alpha value is -3.17. The maximum atomic E-state index is 12.4. The predicted molar refractivity (Wildman–Crippen MR) is 108 cm³/mol. The average Bonchev–Trinajstić information content (AvgIpc) is 3.36. The standard InChI is InChI=1S/C20H26N6O4/c1-20(2)6-7-26(20)19(28)30-13-5-4-12(8-13)14-9-16(25-24-14)23-17-11-21-15(10-22-17)18(27)29-3/h9-13H,4-8H2,1-3H3,(H2,22,23,24,25)/t12-,13+/m0/s1. The number of carbonyl (C=O) groups is 2. The van der Waals surface area contributed by atoms with Crippen LogP contribution in [-0.2, 0) is 9.47 Å². The van der Waals surface area contributed by atoms with Crippen molar-refractivity contribution in [2.24, 2.45) is 0 Å². The van der Waals surface area contributed by atoms with E-state index in [1.165, 1.54) is 19.5 Å². The van der Waals surface area contributed by atoms with E-state index in [4.69, 9.17) is 4.74 Å². The molecule has 4 rings (SSSR count). The number of carbonyl (C=O) groups excluding carboxylic acids is 2. The molecule has 160 valence electrons. The highest BCUT2D eigenvalue weighted by atomic mass is 16.6. The van der Waals surface area contributed by atoms with Gasteiger partial charge in [0.05, 0.1) is 19.5 Å². The lowest BCUT2D eigenvalue weighted by Crippen LogP contribution is -2.58. The molecule has 10 heteroatoms. The van der Waals surface area contributed by atoms with Crippen LogP contribution in [0.1, 0.15) is 61.6 Å². The molecule has 0 bridgehead atoms. The first-order chi connectivity index (χ1) is 14.4. The molecule has 2 aromatic heterocycles. The summed E-state index contributed by atoms with van der Waals surface area (Å²) in [5.74, 6) is 0.789. The first kappa shape index (κ1) is 20.1. The van der Waals surface area contributed by atoms with Gasteiger partial charge in [0.1, 0.15) is 11.9 Å². The molecule has 0 spiro atoms. The van der Waals surface area contributed by atoms with E-state index in [1.807, 2.05) is 6.07 Å². The number of amides is 1. The molecular formula is C20H26N6O4. The van der Waals surface area contributed by atoms with Crippen LogP contribution in [0.4, 0.5) is 16.4 Å². The molecule has 10 nitrogen and oxygen atoms in total. The molecule has 3 heterocycles. The number of nitrogens with one attached hydrogen (secondary N) is 2. The Morgan fingerprint density at radius 1 is 1.23 bits per heavy atom. The molecular weight excluding hydrogens is 388 g/mol. The van der Waals surface area contributed by atoms with Gasteiger partial charge in [-0.05, 0) is 39.5 Å². The van der Waals surface area contributed by atoms with E-state index in [-0.39, 0.29) is 29.3 Å². The second kappa shape index (κ2) is 7.92. The van der Waals surface area contributed by atoms with Crippen molar-refractivity contribution >= 4 is 23.7 Å². The van der Waals surface area contributed by atoms with Crippen LogP contribution in [0.2, 0.25) is 0 Å². The highest BCUT2D eigenvalue weighted by Gasteiger charge is 2.41. The summed E-state index contributed by atoms with van der Waals surface area (Å²) < 4.78 is 10.3. The summed E-state index contributed by atoms with van der Waals surface area (Å²) in [6, 6.07) is 1.92. The maximum Gasteiger partial charge on any atom is 0.410 e. The molecule has 2 atom stereocenters. The van der Waals surface area contributed by atoms with Crippen LogP contribution >= 0.6 is 0 Å². The van der Waals surface area contributed by atoms with Gasteiger partial charge >= 0.3 is 12.1 Å². The molecule has 0 radical (unpaired) electrons. The number of likely N-dealkylation sites (tertiary alicyclic amines) is 1. The van der Waals surface area contributed by atoms with Gasteiger partial charge in [-0.15, -0.1) is 0 Å². The van der Waals surface area contributed by atoms with Crippen molar-refractivity contribution in [3.8, 4) is 0 Å². The van der Waals surface area contributed by atoms with Gasteiger partial charge in [0.15, 0.2) is 11.5 Å². The molecule has 2 aliphatic rings. The number of anilines is 2. The minimum absolute atomic E-state index is 0.0738. The number of aromatic amines is 1. The number of esters is 1. The Labute approximate surface area is 174 Å². The molecule has 30 heavy (non-hydrogen) atoms.